The van der Waals surface area contributed by atoms with E-state index in [0.717, 1.165) is 17.1 Å². The second kappa shape index (κ2) is 6.52. The molecule has 1 heterocycles. The summed E-state index contributed by atoms with van der Waals surface area (Å²) < 4.78 is 0. The van der Waals surface area contributed by atoms with Gasteiger partial charge in [-0.3, -0.25) is 4.79 Å². The van der Waals surface area contributed by atoms with Crippen molar-refractivity contribution in [3.05, 3.63) is 40.3 Å². The van der Waals surface area contributed by atoms with Gasteiger partial charge in [0.2, 0.25) is 5.91 Å². The lowest BCUT2D eigenvalue weighted by molar-refractivity contribution is -0.115. The molecule has 0 radical (unpaired) electrons. The maximum atomic E-state index is 11.4. The minimum Gasteiger partial charge on any atom is -0.378 e. The first-order valence-electron chi connectivity index (χ1n) is 6.66. The van der Waals surface area contributed by atoms with Crippen LogP contribution in [-0.4, -0.2) is 10.9 Å². The number of amides is 1. The lowest BCUT2D eigenvalue weighted by Crippen LogP contribution is -2.10. The molecule has 106 valence electrons. The fourth-order valence-corrected chi connectivity index (χ4v) is 2.79. The van der Waals surface area contributed by atoms with Gasteiger partial charge in [-0.15, -0.1) is 11.3 Å². The van der Waals surface area contributed by atoms with E-state index >= 15 is 0 Å². The summed E-state index contributed by atoms with van der Waals surface area (Å²) in [6, 6.07) is 7.95. The molecule has 2 N–H and O–H groups in total. The summed E-state index contributed by atoms with van der Waals surface area (Å²) in [6.07, 6.45) is 0.480. The Morgan fingerprint density at radius 1 is 1.40 bits per heavy atom. The van der Waals surface area contributed by atoms with Crippen molar-refractivity contribution >= 4 is 28.6 Å². The van der Waals surface area contributed by atoms with E-state index in [2.05, 4.69) is 22.5 Å². The third-order valence-electron chi connectivity index (χ3n) is 3.03. The van der Waals surface area contributed by atoms with Crippen LogP contribution < -0.4 is 10.6 Å². The number of thiazole rings is 1. The Labute approximate surface area is 123 Å². The van der Waals surface area contributed by atoms with Gasteiger partial charge in [-0.05, 0) is 32.0 Å². The van der Waals surface area contributed by atoms with Crippen LogP contribution in [-0.2, 0) is 4.79 Å². The average molecular weight is 289 g/mol. The summed E-state index contributed by atoms with van der Waals surface area (Å²) in [6.45, 7) is 5.96. The third-order valence-corrected chi connectivity index (χ3v) is 4.14. The number of nitrogens with zero attached hydrogens (tertiary/aromatic N) is 1. The smallest absolute Gasteiger partial charge is 0.224 e. The lowest BCUT2D eigenvalue weighted by atomic mass is 10.2. The summed E-state index contributed by atoms with van der Waals surface area (Å²) in [7, 11) is 0. The Morgan fingerprint density at radius 3 is 2.80 bits per heavy atom. The minimum absolute atomic E-state index is 0.0218. The molecule has 1 aromatic heterocycles. The van der Waals surface area contributed by atoms with Crippen molar-refractivity contribution < 1.29 is 4.79 Å². The van der Waals surface area contributed by atoms with Crippen LogP contribution in [0.25, 0.3) is 0 Å². The molecule has 20 heavy (non-hydrogen) atoms. The van der Waals surface area contributed by atoms with Gasteiger partial charge in [-0.25, -0.2) is 4.98 Å². The molecular weight excluding hydrogens is 270 g/mol. The summed E-state index contributed by atoms with van der Waals surface area (Å²) in [5.41, 5.74) is 4.72. The Balaban J connectivity index is 2.08. The summed E-state index contributed by atoms with van der Waals surface area (Å²) in [5.74, 6) is 0.0218. The van der Waals surface area contributed by atoms with Crippen molar-refractivity contribution in [3.63, 3.8) is 0 Å². The summed E-state index contributed by atoms with van der Waals surface area (Å²) in [5, 5.41) is 6.30. The molecule has 1 aromatic carbocycles. The number of hydrogen-bond donors (Lipinski definition) is 2. The van der Waals surface area contributed by atoms with Crippen molar-refractivity contribution in [3.8, 4) is 0 Å². The van der Waals surface area contributed by atoms with E-state index in [1.54, 1.807) is 11.3 Å². The molecular formula is C15H19N3OS. The number of anilines is 2. The highest BCUT2D eigenvalue weighted by Gasteiger charge is 2.11. The SMILES string of the molecule is CCC(=O)Nc1cccc(NC(C)c2scnc2C)c1. The van der Waals surface area contributed by atoms with Crippen molar-refractivity contribution in [1.82, 2.24) is 4.98 Å². The first-order chi connectivity index (χ1) is 9.60. The van der Waals surface area contributed by atoms with Crippen LogP contribution in [0.1, 0.15) is 36.9 Å². The number of hydrogen-bond acceptors (Lipinski definition) is 4. The predicted octanol–water partition coefficient (Wildman–Crippen LogP) is 3.97. The van der Waals surface area contributed by atoms with Gasteiger partial charge in [0.05, 0.1) is 17.2 Å². The van der Waals surface area contributed by atoms with E-state index in [0.29, 0.717) is 6.42 Å². The topological polar surface area (TPSA) is 54.0 Å². The van der Waals surface area contributed by atoms with E-state index in [9.17, 15) is 4.79 Å². The van der Waals surface area contributed by atoms with E-state index < -0.39 is 0 Å². The molecule has 0 spiro atoms. The maximum absolute atomic E-state index is 11.4. The molecule has 0 aliphatic heterocycles. The Kier molecular flexibility index (Phi) is 4.74. The number of carbonyl (C=O) groups excluding carboxylic acids is 1. The molecule has 1 unspecified atom stereocenters. The van der Waals surface area contributed by atoms with E-state index in [4.69, 9.17) is 0 Å². The second-order valence-corrected chi connectivity index (χ2v) is 5.54. The minimum atomic E-state index is 0.0218. The van der Waals surface area contributed by atoms with E-state index in [1.807, 2.05) is 43.6 Å². The van der Waals surface area contributed by atoms with Crippen LogP contribution in [0, 0.1) is 6.92 Å². The van der Waals surface area contributed by atoms with Gasteiger partial charge in [0.25, 0.3) is 0 Å². The Bertz CT molecular complexity index is 594. The molecule has 2 rings (SSSR count). The van der Waals surface area contributed by atoms with Crippen molar-refractivity contribution in [1.29, 1.82) is 0 Å². The van der Waals surface area contributed by atoms with Crippen molar-refractivity contribution in [2.45, 2.75) is 33.2 Å². The van der Waals surface area contributed by atoms with Gasteiger partial charge in [0.15, 0.2) is 0 Å². The van der Waals surface area contributed by atoms with Gasteiger partial charge in [-0.2, -0.15) is 0 Å². The predicted molar refractivity (Wildman–Crippen MR) is 84.3 cm³/mol. The van der Waals surface area contributed by atoms with Gasteiger partial charge in [0, 0.05) is 22.7 Å². The second-order valence-electron chi connectivity index (χ2n) is 4.65. The number of carbonyl (C=O) groups is 1. The number of aryl methyl sites for hydroxylation is 1. The standard InChI is InChI=1S/C15H19N3OS/c1-4-14(19)18-13-7-5-6-12(8-13)17-11(3)15-10(2)16-9-20-15/h5-9,11,17H,4H2,1-3H3,(H,18,19). The van der Waals surface area contributed by atoms with Crippen molar-refractivity contribution in [2.75, 3.05) is 10.6 Å². The van der Waals surface area contributed by atoms with E-state index in [-0.39, 0.29) is 11.9 Å². The number of rotatable bonds is 5. The van der Waals surface area contributed by atoms with Crippen LogP contribution in [0.2, 0.25) is 0 Å². The van der Waals surface area contributed by atoms with Crippen LogP contribution in [0.3, 0.4) is 0 Å². The van der Waals surface area contributed by atoms with Gasteiger partial charge in [-0.1, -0.05) is 13.0 Å². The Morgan fingerprint density at radius 2 is 2.15 bits per heavy atom. The largest absolute Gasteiger partial charge is 0.378 e. The highest BCUT2D eigenvalue weighted by molar-refractivity contribution is 7.09. The fourth-order valence-electron chi connectivity index (χ4n) is 1.98. The summed E-state index contributed by atoms with van der Waals surface area (Å²) >= 11 is 1.65. The molecule has 0 saturated heterocycles. The quantitative estimate of drug-likeness (QED) is 0.875. The molecule has 1 amide bonds. The first kappa shape index (κ1) is 14.5. The van der Waals surface area contributed by atoms with Gasteiger partial charge < -0.3 is 10.6 Å². The van der Waals surface area contributed by atoms with E-state index in [1.165, 1.54) is 4.88 Å². The highest BCUT2D eigenvalue weighted by Crippen LogP contribution is 2.26. The molecule has 0 aliphatic carbocycles. The van der Waals surface area contributed by atoms with Crippen LogP contribution in [0.4, 0.5) is 11.4 Å². The zero-order valence-corrected chi connectivity index (χ0v) is 12.8. The number of benzene rings is 1. The van der Waals surface area contributed by atoms with Crippen LogP contribution in [0.5, 0.6) is 0 Å². The van der Waals surface area contributed by atoms with Crippen molar-refractivity contribution in [2.24, 2.45) is 0 Å². The zero-order valence-electron chi connectivity index (χ0n) is 11.9. The fraction of sp³-hybridized carbons (Fsp3) is 0.333. The van der Waals surface area contributed by atoms with Gasteiger partial charge in [0.1, 0.15) is 0 Å². The molecule has 4 nitrogen and oxygen atoms in total. The molecule has 1 atom stereocenters. The average Bonchev–Trinajstić information content (AvgIpc) is 2.85. The maximum Gasteiger partial charge on any atom is 0.224 e. The molecule has 0 aliphatic rings. The molecule has 0 fully saturated rings. The number of aromatic nitrogens is 1. The molecule has 5 heteroatoms. The third kappa shape index (κ3) is 3.57. The normalized spacial score (nSPS) is 11.9. The first-order valence-corrected chi connectivity index (χ1v) is 7.54. The Hall–Kier alpha value is -1.88. The monoisotopic (exact) mass is 289 g/mol. The molecule has 0 bridgehead atoms. The molecule has 2 aromatic rings. The highest BCUT2D eigenvalue weighted by atomic mass is 32.1. The zero-order chi connectivity index (χ0) is 14.5. The summed E-state index contributed by atoms with van der Waals surface area (Å²) in [4.78, 5) is 16.9. The lowest BCUT2D eigenvalue weighted by Gasteiger charge is -2.15. The van der Waals surface area contributed by atoms with Crippen LogP contribution in [0.15, 0.2) is 29.8 Å². The van der Waals surface area contributed by atoms with Crippen LogP contribution >= 0.6 is 11.3 Å². The number of nitrogens with one attached hydrogen (secondary N) is 2. The molecule has 0 saturated carbocycles. The van der Waals surface area contributed by atoms with Gasteiger partial charge >= 0.3 is 0 Å².